The highest BCUT2D eigenvalue weighted by Crippen LogP contribution is 2.22. The van der Waals surface area contributed by atoms with E-state index in [-0.39, 0.29) is 30.4 Å². The van der Waals surface area contributed by atoms with Crippen LogP contribution in [0.1, 0.15) is 37.6 Å². The molecule has 1 aromatic rings. The zero-order valence-corrected chi connectivity index (χ0v) is 13.6. The fourth-order valence-electron chi connectivity index (χ4n) is 2.28. The van der Waals surface area contributed by atoms with Crippen LogP contribution >= 0.6 is 12.4 Å². The van der Waals surface area contributed by atoms with Gasteiger partial charge in [0.05, 0.1) is 4.92 Å². The van der Waals surface area contributed by atoms with Crippen molar-refractivity contribution in [2.75, 3.05) is 6.54 Å². The molecule has 0 aliphatic rings. The molecule has 0 bridgehead atoms. The number of nitro benzene ring substituents is 1. The summed E-state index contributed by atoms with van der Waals surface area (Å²) in [4.78, 5) is 22.5. The van der Waals surface area contributed by atoms with E-state index in [1.54, 1.807) is 6.92 Å². The molecule has 0 aliphatic heterocycles. The van der Waals surface area contributed by atoms with Crippen LogP contribution in [0.4, 0.5) is 10.1 Å². The molecule has 22 heavy (non-hydrogen) atoms. The monoisotopic (exact) mass is 333 g/mol. The minimum Gasteiger partial charge on any atom is -0.345 e. The van der Waals surface area contributed by atoms with Crippen molar-refractivity contribution in [2.24, 2.45) is 11.7 Å². The van der Waals surface area contributed by atoms with Crippen LogP contribution in [-0.2, 0) is 0 Å². The molecule has 0 saturated heterocycles. The maximum atomic E-state index is 13.3. The van der Waals surface area contributed by atoms with Gasteiger partial charge in [0.1, 0.15) is 11.4 Å². The Morgan fingerprint density at radius 3 is 2.55 bits per heavy atom. The number of nitrogens with one attached hydrogen (secondary N) is 1. The van der Waals surface area contributed by atoms with E-state index in [0.717, 1.165) is 18.2 Å². The zero-order chi connectivity index (χ0) is 16.2. The molecule has 1 rings (SSSR count). The Morgan fingerprint density at radius 1 is 1.50 bits per heavy atom. The fraction of sp³-hybridized carbons (Fsp3) is 0.500. The van der Waals surface area contributed by atoms with Crippen LogP contribution in [-0.4, -0.2) is 22.9 Å². The number of nitrogens with zero attached hydrogens (tertiary/aromatic N) is 1. The van der Waals surface area contributed by atoms with E-state index in [2.05, 4.69) is 5.32 Å². The number of benzene rings is 1. The van der Waals surface area contributed by atoms with Gasteiger partial charge in [0.15, 0.2) is 0 Å². The van der Waals surface area contributed by atoms with Crippen LogP contribution in [0.5, 0.6) is 0 Å². The van der Waals surface area contributed by atoms with E-state index in [0.29, 0.717) is 6.42 Å². The van der Waals surface area contributed by atoms with Crippen molar-refractivity contribution in [1.82, 2.24) is 5.32 Å². The molecule has 0 fully saturated rings. The van der Waals surface area contributed by atoms with E-state index < -0.39 is 27.9 Å². The summed E-state index contributed by atoms with van der Waals surface area (Å²) in [5.74, 6) is -1.12. The SMILES string of the molecule is CC(C)CC(C)(CN)NC(=O)c1cc(F)ccc1[N+](=O)[O-].Cl. The zero-order valence-electron chi connectivity index (χ0n) is 12.8. The number of nitrogens with two attached hydrogens (primary N) is 1. The third-order valence-electron chi connectivity index (χ3n) is 3.12. The van der Waals surface area contributed by atoms with Crippen LogP contribution in [0.15, 0.2) is 18.2 Å². The Hall–Kier alpha value is -1.73. The first-order chi connectivity index (χ1) is 9.68. The van der Waals surface area contributed by atoms with Crippen molar-refractivity contribution in [3.05, 3.63) is 39.7 Å². The first-order valence-electron chi connectivity index (χ1n) is 6.65. The van der Waals surface area contributed by atoms with E-state index in [1.807, 2.05) is 13.8 Å². The van der Waals surface area contributed by atoms with Gasteiger partial charge < -0.3 is 11.1 Å². The van der Waals surface area contributed by atoms with Crippen molar-refractivity contribution >= 4 is 24.0 Å². The third-order valence-corrected chi connectivity index (χ3v) is 3.12. The summed E-state index contributed by atoms with van der Waals surface area (Å²) in [5, 5.41) is 13.6. The number of hydrogen-bond acceptors (Lipinski definition) is 4. The molecule has 0 aliphatic carbocycles. The average molecular weight is 334 g/mol. The van der Waals surface area contributed by atoms with Gasteiger partial charge in [-0.3, -0.25) is 14.9 Å². The number of carbonyl (C=O) groups is 1. The molecule has 8 heteroatoms. The molecule has 0 heterocycles. The molecule has 6 nitrogen and oxygen atoms in total. The molecule has 0 aromatic heterocycles. The summed E-state index contributed by atoms with van der Waals surface area (Å²) in [6.07, 6.45) is 0.609. The number of halogens is 2. The Morgan fingerprint density at radius 2 is 2.09 bits per heavy atom. The lowest BCUT2D eigenvalue weighted by Gasteiger charge is -2.31. The number of amides is 1. The number of rotatable bonds is 6. The summed E-state index contributed by atoms with van der Waals surface area (Å²) >= 11 is 0. The highest BCUT2D eigenvalue weighted by atomic mass is 35.5. The van der Waals surface area contributed by atoms with Gasteiger partial charge in [-0.25, -0.2) is 4.39 Å². The standard InChI is InChI=1S/C14H20FN3O3.ClH/c1-9(2)7-14(3,8-16)17-13(19)11-6-10(15)4-5-12(11)18(20)21;/h4-6,9H,7-8,16H2,1-3H3,(H,17,19);1H. The highest BCUT2D eigenvalue weighted by molar-refractivity contribution is 5.98. The Bertz CT molecular complexity index is 554. The quantitative estimate of drug-likeness (QED) is 0.617. The second-order valence-corrected chi connectivity index (χ2v) is 5.74. The van der Waals surface area contributed by atoms with Crippen LogP contribution in [0.2, 0.25) is 0 Å². The van der Waals surface area contributed by atoms with Crippen molar-refractivity contribution in [1.29, 1.82) is 0 Å². The van der Waals surface area contributed by atoms with Crippen LogP contribution in [0.3, 0.4) is 0 Å². The largest absolute Gasteiger partial charge is 0.345 e. The molecular formula is C14H21ClFN3O3. The highest BCUT2D eigenvalue weighted by Gasteiger charge is 2.29. The maximum Gasteiger partial charge on any atom is 0.282 e. The molecule has 1 unspecified atom stereocenters. The lowest BCUT2D eigenvalue weighted by molar-refractivity contribution is -0.385. The van der Waals surface area contributed by atoms with E-state index in [4.69, 9.17) is 5.73 Å². The molecule has 0 saturated carbocycles. The minimum atomic E-state index is -0.712. The third kappa shape index (κ3) is 5.23. The molecular weight excluding hydrogens is 313 g/mol. The second-order valence-electron chi connectivity index (χ2n) is 5.74. The number of nitro groups is 1. The summed E-state index contributed by atoms with van der Waals surface area (Å²) in [6, 6.07) is 2.79. The van der Waals surface area contributed by atoms with Crippen LogP contribution in [0, 0.1) is 21.8 Å². The second kappa shape index (κ2) is 8.05. The maximum absolute atomic E-state index is 13.3. The Labute approximate surface area is 134 Å². The minimum absolute atomic E-state index is 0. The smallest absolute Gasteiger partial charge is 0.282 e. The normalized spacial score (nSPS) is 13.2. The van der Waals surface area contributed by atoms with Gasteiger partial charge >= 0.3 is 0 Å². The fourth-order valence-corrected chi connectivity index (χ4v) is 2.28. The summed E-state index contributed by atoms with van der Waals surface area (Å²) in [6.45, 7) is 5.89. The van der Waals surface area contributed by atoms with E-state index in [1.165, 1.54) is 0 Å². The predicted molar refractivity (Wildman–Crippen MR) is 84.7 cm³/mol. The molecule has 1 atom stereocenters. The Balaban J connectivity index is 0.00000441. The topological polar surface area (TPSA) is 98.3 Å². The average Bonchev–Trinajstić information content (AvgIpc) is 2.37. The van der Waals surface area contributed by atoms with E-state index in [9.17, 15) is 19.3 Å². The van der Waals surface area contributed by atoms with Gasteiger partial charge in [-0.05, 0) is 31.4 Å². The van der Waals surface area contributed by atoms with Gasteiger partial charge in [-0.15, -0.1) is 12.4 Å². The number of hydrogen-bond donors (Lipinski definition) is 2. The van der Waals surface area contributed by atoms with Gasteiger partial charge in [0, 0.05) is 18.2 Å². The number of carbonyl (C=O) groups excluding carboxylic acids is 1. The first-order valence-corrected chi connectivity index (χ1v) is 6.65. The predicted octanol–water partition coefficient (Wildman–Crippen LogP) is 2.65. The molecule has 3 N–H and O–H groups in total. The summed E-state index contributed by atoms with van der Waals surface area (Å²) < 4.78 is 13.3. The van der Waals surface area contributed by atoms with Gasteiger partial charge in [-0.2, -0.15) is 0 Å². The van der Waals surface area contributed by atoms with Gasteiger partial charge in [0.2, 0.25) is 0 Å². The summed E-state index contributed by atoms with van der Waals surface area (Å²) in [7, 11) is 0. The Kier molecular flexibility index (Phi) is 7.42. The lowest BCUT2D eigenvalue weighted by Crippen LogP contribution is -2.52. The van der Waals surface area contributed by atoms with Crippen molar-refractivity contribution in [2.45, 2.75) is 32.7 Å². The molecule has 1 amide bonds. The molecule has 0 spiro atoms. The molecule has 0 radical (unpaired) electrons. The van der Waals surface area contributed by atoms with Crippen LogP contribution < -0.4 is 11.1 Å². The van der Waals surface area contributed by atoms with Crippen molar-refractivity contribution in [3.63, 3.8) is 0 Å². The van der Waals surface area contributed by atoms with Crippen molar-refractivity contribution < 1.29 is 14.1 Å². The molecule has 1 aromatic carbocycles. The molecule has 124 valence electrons. The van der Waals surface area contributed by atoms with Gasteiger partial charge in [0.25, 0.3) is 11.6 Å². The van der Waals surface area contributed by atoms with Gasteiger partial charge in [-0.1, -0.05) is 13.8 Å². The first kappa shape index (κ1) is 20.3. The lowest BCUT2D eigenvalue weighted by atomic mass is 9.90. The van der Waals surface area contributed by atoms with Crippen LogP contribution in [0.25, 0.3) is 0 Å². The summed E-state index contributed by atoms with van der Waals surface area (Å²) in [5.41, 5.74) is 4.25. The van der Waals surface area contributed by atoms with Crippen molar-refractivity contribution in [3.8, 4) is 0 Å². The van der Waals surface area contributed by atoms with E-state index >= 15 is 0 Å².